The summed E-state index contributed by atoms with van der Waals surface area (Å²) in [6, 6.07) is 3.18. The zero-order valence-corrected chi connectivity index (χ0v) is 12.8. The molecule has 6 nitrogen and oxygen atoms in total. The van der Waals surface area contributed by atoms with E-state index in [2.05, 4.69) is 0 Å². The summed E-state index contributed by atoms with van der Waals surface area (Å²) >= 11 is 6.10. The summed E-state index contributed by atoms with van der Waals surface area (Å²) < 4.78 is 10.5. The molecule has 1 N–H and O–H groups in total. The molecule has 1 aromatic carbocycles. The number of carboxylic acids is 1. The van der Waals surface area contributed by atoms with Crippen molar-refractivity contribution in [3.8, 4) is 11.5 Å². The van der Waals surface area contributed by atoms with Gasteiger partial charge in [0, 0.05) is 18.7 Å². The molecule has 2 atom stereocenters. The number of rotatable bonds is 2. The highest BCUT2D eigenvalue weighted by Gasteiger charge is 2.34. The van der Waals surface area contributed by atoms with Crippen LogP contribution in [0.15, 0.2) is 12.1 Å². The molecule has 0 aromatic heterocycles. The number of amides is 1. The maximum absolute atomic E-state index is 12.6. The van der Waals surface area contributed by atoms with E-state index < -0.39 is 11.9 Å². The Kier molecular flexibility index (Phi) is 3.87. The van der Waals surface area contributed by atoms with Crippen LogP contribution >= 0.6 is 11.6 Å². The van der Waals surface area contributed by atoms with Gasteiger partial charge in [0.1, 0.15) is 0 Å². The van der Waals surface area contributed by atoms with Gasteiger partial charge in [0.15, 0.2) is 11.5 Å². The molecule has 22 heavy (non-hydrogen) atoms. The molecule has 0 bridgehead atoms. The Morgan fingerprint density at radius 1 is 1.36 bits per heavy atom. The molecule has 1 amide bonds. The number of carbonyl (C=O) groups is 2. The fourth-order valence-electron chi connectivity index (χ4n) is 2.97. The van der Waals surface area contributed by atoms with Crippen molar-refractivity contribution in [2.75, 3.05) is 19.9 Å². The topological polar surface area (TPSA) is 76.1 Å². The average Bonchev–Trinajstić information content (AvgIpc) is 2.95. The van der Waals surface area contributed by atoms with E-state index in [0.29, 0.717) is 41.6 Å². The van der Waals surface area contributed by atoms with Crippen molar-refractivity contribution in [2.24, 2.45) is 11.8 Å². The molecule has 7 heteroatoms. The van der Waals surface area contributed by atoms with E-state index in [1.807, 2.05) is 6.92 Å². The minimum Gasteiger partial charge on any atom is -0.481 e. The second kappa shape index (κ2) is 5.68. The molecule has 0 spiro atoms. The number of nitrogens with zero attached hydrogens (tertiary/aromatic N) is 1. The number of aliphatic carboxylic acids is 1. The number of fused-ring (bicyclic) bond motifs is 1. The zero-order valence-electron chi connectivity index (χ0n) is 12.0. The number of halogens is 1. The normalized spacial score (nSPS) is 23.5. The van der Waals surface area contributed by atoms with E-state index in [0.717, 1.165) is 0 Å². The lowest BCUT2D eigenvalue weighted by atomic mass is 9.87. The second-order valence-corrected chi connectivity index (χ2v) is 6.06. The van der Waals surface area contributed by atoms with Gasteiger partial charge in [0.05, 0.1) is 10.9 Å². The van der Waals surface area contributed by atoms with Gasteiger partial charge in [-0.1, -0.05) is 18.5 Å². The molecular formula is C15H16ClNO5. The monoisotopic (exact) mass is 325 g/mol. The number of likely N-dealkylation sites (tertiary alicyclic amines) is 1. The summed E-state index contributed by atoms with van der Waals surface area (Å²) in [5.74, 6) is -0.536. The number of carboxylic acid groups (broad SMARTS) is 1. The molecular weight excluding hydrogens is 310 g/mol. The van der Waals surface area contributed by atoms with E-state index in [9.17, 15) is 9.59 Å². The smallest absolute Gasteiger partial charge is 0.306 e. The van der Waals surface area contributed by atoms with Gasteiger partial charge in [0.2, 0.25) is 6.79 Å². The SMILES string of the molecule is CC1CN(C(=O)c2cc(Cl)c3c(c2)OCO3)CCC1C(=O)O. The molecule has 0 radical (unpaired) electrons. The Labute approximate surface area is 132 Å². The fraction of sp³-hybridized carbons (Fsp3) is 0.467. The lowest BCUT2D eigenvalue weighted by Crippen LogP contribution is -2.45. The van der Waals surface area contributed by atoms with Crippen LogP contribution in [0.1, 0.15) is 23.7 Å². The summed E-state index contributed by atoms with van der Waals surface area (Å²) in [6.07, 6.45) is 0.459. The number of benzene rings is 1. The zero-order chi connectivity index (χ0) is 15.9. The Hall–Kier alpha value is -1.95. The summed E-state index contributed by atoms with van der Waals surface area (Å²) in [7, 11) is 0. The van der Waals surface area contributed by atoms with Gasteiger partial charge in [-0.2, -0.15) is 0 Å². The van der Waals surface area contributed by atoms with Crippen molar-refractivity contribution in [1.82, 2.24) is 4.90 Å². The van der Waals surface area contributed by atoms with Gasteiger partial charge in [-0.25, -0.2) is 0 Å². The molecule has 2 aliphatic heterocycles. The number of piperidine rings is 1. The summed E-state index contributed by atoms with van der Waals surface area (Å²) in [5, 5.41) is 9.48. The highest BCUT2D eigenvalue weighted by atomic mass is 35.5. The number of carbonyl (C=O) groups excluding carboxylic acids is 1. The largest absolute Gasteiger partial charge is 0.481 e. The summed E-state index contributed by atoms with van der Waals surface area (Å²) in [5.41, 5.74) is 0.426. The maximum atomic E-state index is 12.6. The van der Waals surface area contributed by atoms with Crippen molar-refractivity contribution in [1.29, 1.82) is 0 Å². The number of ether oxygens (including phenoxy) is 2. The maximum Gasteiger partial charge on any atom is 0.306 e. The van der Waals surface area contributed by atoms with Crippen LogP contribution in [0.4, 0.5) is 0 Å². The first-order chi connectivity index (χ1) is 10.5. The van der Waals surface area contributed by atoms with Gasteiger partial charge >= 0.3 is 5.97 Å². The van der Waals surface area contributed by atoms with Crippen LogP contribution in [0.25, 0.3) is 0 Å². The van der Waals surface area contributed by atoms with Crippen molar-refractivity contribution < 1.29 is 24.2 Å². The van der Waals surface area contributed by atoms with Gasteiger partial charge in [-0.3, -0.25) is 9.59 Å². The van der Waals surface area contributed by atoms with Gasteiger partial charge < -0.3 is 19.5 Å². The molecule has 2 aliphatic rings. The first-order valence-corrected chi connectivity index (χ1v) is 7.46. The number of hydrogen-bond acceptors (Lipinski definition) is 4. The Bertz CT molecular complexity index is 633. The molecule has 0 aliphatic carbocycles. The minimum absolute atomic E-state index is 0.0836. The van der Waals surface area contributed by atoms with Crippen molar-refractivity contribution in [2.45, 2.75) is 13.3 Å². The molecule has 3 rings (SSSR count). The quantitative estimate of drug-likeness (QED) is 0.902. The average molecular weight is 326 g/mol. The van der Waals surface area contributed by atoms with Gasteiger partial charge in [-0.05, 0) is 24.5 Å². The first kappa shape index (κ1) is 15.0. The third kappa shape index (κ3) is 2.59. The predicted molar refractivity (Wildman–Crippen MR) is 78.4 cm³/mol. The van der Waals surface area contributed by atoms with Crippen LogP contribution in [0.2, 0.25) is 5.02 Å². The highest BCUT2D eigenvalue weighted by Crippen LogP contribution is 2.40. The third-order valence-corrected chi connectivity index (χ3v) is 4.46. The van der Waals surface area contributed by atoms with Gasteiger partial charge in [0.25, 0.3) is 5.91 Å². The van der Waals surface area contributed by atoms with E-state index in [-0.39, 0.29) is 18.6 Å². The van der Waals surface area contributed by atoms with Crippen LogP contribution < -0.4 is 9.47 Å². The first-order valence-electron chi connectivity index (χ1n) is 7.08. The number of hydrogen-bond donors (Lipinski definition) is 1. The van der Waals surface area contributed by atoms with Crippen LogP contribution in [0.3, 0.4) is 0 Å². The van der Waals surface area contributed by atoms with E-state index in [4.69, 9.17) is 26.2 Å². The van der Waals surface area contributed by atoms with Crippen LogP contribution in [0.5, 0.6) is 11.5 Å². The Morgan fingerprint density at radius 2 is 2.14 bits per heavy atom. The van der Waals surface area contributed by atoms with Crippen LogP contribution in [-0.4, -0.2) is 41.8 Å². The van der Waals surface area contributed by atoms with Crippen LogP contribution in [-0.2, 0) is 4.79 Å². The highest BCUT2D eigenvalue weighted by molar-refractivity contribution is 6.32. The third-order valence-electron chi connectivity index (χ3n) is 4.18. The molecule has 1 aromatic rings. The second-order valence-electron chi connectivity index (χ2n) is 5.65. The van der Waals surface area contributed by atoms with Crippen molar-refractivity contribution in [3.05, 3.63) is 22.7 Å². The van der Waals surface area contributed by atoms with Crippen LogP contribution in [0, 0.1) is 11.8 Å². The standard InChI is InChI=1S/C15H16ClNO5/c1-8-6-17(3-2-10(8)15(19)20)14(18)9-4-11(16)13-12(5-9)21-7-22-13/h4-5,8,10H,2-3,6-7H2,1H3,(H,19,20). The Morgan fingerprint density at radius 3 is 2.82 bits per heavy atom. The van der Waals surface area contributed by atoms with E-state index in [1.165, 1.54) is 0 Å². The van der Waals surface area contributed by atoms with E-state index in [1.54, 1.807) is 17.0 Å². The molecule has 1 saturated heterocycles. The van der Waals surface area contributed by atoms with Crippen molar-refractivity contribution in [3.63, 3.8) is 0 Å². The lowest BCUT2D eigenvalue weighted by molar-refractivity contribution is -0.145. The molecule has 2 unspecified atom stereocenters. The molecule has 2 heterocycles. The molecule has 0 saturated carbocycles. The lowest BCUT2D eigenvalue weighted by Gasteiger charge is -2.35. The van der Waals surface area contributed by atoms with Gasteiger partial charge in [-0.15, -0.1) is 0 Å². The Balaban J connectivity index is 1.78. The van der Waals surface area contributed by atoms with E-state index >= 15 is 0 Å². The summed E-state index contributed by atoms with van der Waals surface area (Å²) in [4.78, 5) is 25.4. The minimum atomic E-state index is -0.800. The van der Waals surface area contributed by atoms with Crippen molar-refractivity contribution >= 4 is 23.5 Å². The predicted octanol–water partition coefficient (Wildman–Crippen LogP) is 2.25. The molecule has 1 fully saturated rings. The fourth-order valence-corrected chi connectivity index (χ4v) is 3.24. The summed E-state index contributed by atoms with van der Waals surface area (Å²) in [6.45, 7) is 2.78. The molecule has 118 valence electrons.